The van der Waals surface area contributed by atoms with Crippen molar-refractivity contribution in [2.75, 3.05) is 5.32 Å². The first-order valence-electron chi connectivity index (χ1n) is 5.73. The number of anilines is 1. The smallest absolute Gasteiger partial charge is 0.373 e. The third-order valence-electron chi connectivity index (χ3n) is 2.38. The molecule has 20 heavy (non-hydrogen) atoms. The van der Waals surface area contributed by atoms with E-state index in [0.29, 0.717) is 11.3 Å². The highest BCUT2D eigenvalue weighted by atomic mass is 16.3. The fraction of sp³-hybridized carbons (Fsp3) is 0.0667. The molecule has 0 spiro atoms. The van der Waals surface area contributed by atoms with Crippen molar-refractivity contribution in [3.8, 4) is 5.75 Å². The molecule has 0 bridgehead atoms. The Bertz CT molecular complexity index is 631. The summed E-state index contributed by atoms with van der Waals surface area (Å²) in [7, 11) is 0. The Morgan fingerprint density at radius 1 is 1.10 bits per heavy atom. The zero-order valence-corrected chi connectivity index (χ0v) is 10.8. The number of hydrogen-bond acceptors (Lipinski definition) is 4. The van der Waals surface area contributed by atoms with E-state index in [-0.39, 0.29) is 17.8 Å². The number of phenols is 1. The van der Waals surface area contributed by atoms with Crippen LogP contribution >= 0.6 is 0 Å². The van der Waals surface area contributed by atoms with Crippen LogP contribution in [0.2, 0.25) is 0 Å². The summed E-state index contributed by atoms with van der Waals surface area (Å²) in [5.41, 5.74) is 2.22. The van der Waals surface area contributed by atoms with Crippen molar-refractivity contribution in [1.29, 1.82) is 0 Å². The Morgan fingerprint density at radius 2 is 1.75 bits per heavy atom. The van der Waals surface area contributed by atoms with Gasteiger partial charge in [0, 0.05) is 17.3 Å². The van der Waals surface area contributed by atoms with Gasteiger partial charge in [-0.3, -0.25) is 4.79 Å². The van der Waals surface area contributed by atoms with Crippen molar-refractivity contribution in [3.05, 3.63) is 59.7 Å². The Hall–Kier alpha value is -2.91. The average molecular weight is 271 g/mol. The minimum Gasteiger partial charge on any atom is -0.508 e. The maximum atomic E-state index is 11.9. The molecule has 2 aromatic rings. The van der Waals surface area contributed by atoms with Gasteiger partial charge in [-0.2, -0.15) is 9.59 Å². The highest BCUT2D eigenvalue weighted by Gasteiger charge is 2.05. The summed E-state index contributed by atoms with van der Waals surface area (Å²) < 4.78 is 0. The number of amides is 1. The third kappa shape index (κ3) is 4.76. The van der Waals surface area contributed by atoms with Gasteiger partial charge in [-0.15, -0.1) is 0 Å². The molecule has 1 amide bonds. The van der Waals surface area contributed by atoms with Gasteiger partial charge in [0.2, 0.25) is 0 Å². The molecular weight excluding hydrogens is 258 g/mol. The molecule has 0 radical (unpaired) electrons. The van der Waals surface area contributed by atoms with Crippen LogP contribution in [0.4, 0.5) is 5.69 Å². The van der Waals surface area contributed by atoms with Gasteiger partial charge in [0.1, 0.15) is 5.75 Å². The van der Waals surface area contributed by atoms with Gasteiger partial charge in [0.15, 0.2) is 0 Å². The van der Waals surface area contributed by atoms with Gasteiger partial charge in [0.05, 0.1) is 0 Å². The van der Waals surface area contributed by atoms with E-state index in [1.54, 1.807) is 24.3 Å². The van der Waals surface area contributed by atoms with Crippen LogP contribution in [0.1, 0.15) is 15.9 Å². The lowest BCUT2D eigenvalue weighted by atomic mass is 10.1. The van der Waals surface area contributed by atoms with Gasteiger partial charge in [-0.25, -0.2) is 0 Å². The largest absolute Gasteiger partial charge is 0.508 e. The predicted molar refractivity (Wildman–Crippen MR) is 72.2 cm³/mol. The van der Waals surface area contributed by atoms with Crippen LogP contribution in [0.5, 0.6) is 5.75 Å². The van der Waals surface area contributed by atoms with Crippen molar-refractivity contribution in [3.63, 3.8) is 0 Å². The lowest BCUT2D eigenvalue weighted by Crippen LogP contribution is -2.11. The van der Waals surface area contributed by atoms with Crippen LogP contribution in [0.15, 0.2) is 48.5 Å². The summed E-state index contributed by atoms with van der Waals surface area (Å²) >= 11 is 0. The first kappa shape index (κ1) is 15.1. The van der Waals surface area contributed by atoms with Gasteiger partial charge in [-0.1, -0.05) is 23.8 Å². The molecule has 0 aliphatic rings. The molecule has 102 valence electrons. The lowest BCUT2D eigenvalue weighted by molar-refractivity contribution is -0.191. The minimum absolute atomic E-state index is 0.132. The zero-order chi connectivity index (χ0) is 15.0. The second-order valence-electron chi connectivity index (χ2n) is 3.96. The maximum absolute atomic E-state index is 11.9. The van der Waals surface area contributed by atoms with Gasteiger partial charge < -0.3 is 10.4 Å². The second-order valence-corrected chi connectivity index (χ2v) is 3.96. The van der Waals surface area contributed by atoms with Crippen molar-refractivity contribution >= 4 is 17.7 Å². The second kappa shape index (κ2) is 7.51. The van der Waals surface area contributed by atoms with Crippen molar-refractivity contribution < 1.29 is 19.5 Å². The summed E-state index contributed by atoms with van der Waals surface area (Å²) in [6.45, 7) is 1.94. The number of carbonyl (C=O) groups excluding carboxylic acids is 3. The van der Waals surface area contributed by atoms with Crippen molar-refractivity contribution in [2.45, 2.75) is 6.92 Å². The molecule has 0 saturated heterocycles. The van der Waals surface area contributed by atoms with Gasteiger partial charge in [0.25, 0.3) is 5.91 Å². The molecule has 0 unspecified atom stereocenters. The van der Waals surface area contributed by atoms with E-state index in [1.165, 1.54) is 6.07 Å². The quantitative estimate of drug-likeness (QED) is 0.878. The number of benzene rings is 2. The van der Waals surface area contributed by atoms with E-state index in [0.717, 1.165) is 5.56 Å². The number of rotatable bonds is 2. The molecule has 5 nitrogen and oxygen atoms in total. The molecule has 2 rings (SSSR count). The SMILES string of the molecule is Cc1cccc(C(=O)Nc2cccc(O)c2)c1.O=C=O. The van der Waals surface area contributed by atoms with E-state index < -0.39 is 0 Å². The molecule has 2 aromatic carbocycles. The normalized spacial score (nSPS) is 8.85. The molecule has 0 aliphatic carbocycles. The summed E-state index contributed by atoms with van der Waals surface area (Å²) in [6.07, 6.45) is 0.250. The van der Waals surface area contributed by atoms with E-state index in [2.05, 4.69) is 5.32 Å². The standard InChI is InChI=1S/C14H13NO2.CO2/c1-10-4-2-5-11(8-10)14(17)15-12-6-3-7-13(16)9-12;2-1-3/h2-9,16H,1H3,(H,15,17);. The Balaban J connectivity index is 0.000000612. The molecule has 2 N–H and O–H groups in total. The number of aryl methyl sites for hydroxylation is 1. The summed E-state index contributed by atoms with van der Waals surface area (Å²) in [6, 6.07) is 13.8. The molecule has 0 aromatic heterocycles. The molecule has 0 fully saturated rings. The molecule has 0 atom stereocenters. The van der Waals surface area contributed by atoms with Crippen molar-refractivity contribution in [2.24, 2.45) is 0 Å². The monoisotopic (exact) mass is 271 g/mol. The van der Waals surface area contributed by atoms with Crippen LogP contribution in [0.25, 0.3) is 0 Å². The molecular formula is C15H13NO4. The molecule has 5 heteroatoms. The first-order valence-corrected chi connectivity index (χ1v) is 5.73. The van der Waals surface area contributed by atoms with Gasteiger partial charge in [-0.05, 0) is 31.2 Å². The highest BCUT2D eigenvalue weighted by Crippen LogP contribution is 2.16. The van der Waals surface area contributed by atoms with Crippen LogP contribution in [0, 0.1) is 6.92 Å². The first-order chi connectivity index (χ1) is 9.56. The van der Waals surface area contributed by atoms with E-state index >= 15 is 0 Å². The van der Waals surface area contributed by atoms with Crippen LogP contribution < -0.4 is 5.32 Å². The van der Waals surface area contributed by atoms with Crippen LogP contribution in [0.3, 0.4) is 0 Å². The summed E-state index contributed by atoms with van der Waals surface area (Å²) in [5, 5.41) is 12.0. The van der Waals surface area contributed by atoms with E-state index in [1.807, 2.05) is 25.1 Å². The Labute approximate surface area is 115 Å². The Morgan fingerprint density at radius 3 is 2.35 bits per heavy atom. The van der Waals surface area contributed by atoms with E-state index in [4.69, 9.17) is 9.59 Å². The number of hydrogen-bond donors (Lipinski definition) is 2. The fourth-order valence-electron chi connectivity index (χ4n) is 1.57. The topological polar surface area (TPSA) is 83.5 Å². The summed E-state index contributed by atoms with van der Waals surface area (Å²) in [4.78, 5) is 28.1. The zero-order valence-electron chi connectivity index (χ0n) is 10.8. The summed E-state index contributed by atoms with van der Waals surface area (Å²) in [5.74, 6) is -0.0497. The van der Waals surface area contributed by atoms with Gasteiger partial charge >= 0.3 is 6.15 Å². The predicted octanol–water partition coefficient (Wildman–Crippen LogP) is 2.37. The fourth-order valence-corrected chi connectivity index (χ4v) is 1.57. The molecule has 0 aliphatic heterocycles. The van der Waals surface area contributed by atoms with E-state index in [9.17, 15) is 9.90 Å². The Kier molecular flexibility index (Phi) is 5.69. The molecule has 0 saturated carbocycles. The average Bonchev–Trinajstić information content (AvgIpc) is 2.39. The van der Waals surface area contributed by atoms with Crippen LogP contribution in [-0.4, -0.2) is 17.2 Å². The third-order valence-corrected chi connectivity index (χ3v) is 2.38. The van der Waals surface area contributed by atoms with Crippen LogP contribution in [-0.2, 0) is 9.59 Å². The molecule has 0 heterocycles. The lowest BCUT2D eigenvalue weighted by Gasteiger charge is -2.06. The number of phenolic OH excluding ortho intramolecular Hbond substituents is 1. The minimum atomic E-state index is -0.181. The maximum Gasteiger partial charge on any atom is 0.373 e. The number of carbonyl (C=O) groups is 1. The number of aromatic hydroxyl groups is 1. The van der Waals surface area contributed by atoms with Crippen molar-refractivity contribution in [1.82, 2.24) is 0 Å². The highest BCUT2D eigenvalue weighted by molar-refractivity contribution is 6.04. The number of nitrogens with one attached hydrogen (secondary N) is 1.